The lowest BCUT2D eigenvalue weighted by Crippen LogP contribution is -2.17. The fraction of sp³-hybridized carbons (Fsp3) is 0.217. The molecule has 0 aliphatic carbocycles. The Balaban J connectivity index is 1.92. The van der Waals surface area contributed by atoms with Crippen molar-refractivity contribution in [3.8, 4) is 17.0 Å². The Hall–Kier alpha value is -3.54. The number of fused-ring (bicyclic) bond motifs is 1. The highest BCUT2D eigenvalue weighted by molar-refractivity contribution is 6.08. The van der Waals surface area contributed by atoms with E-state index in [-0.39, 0.29) is 5.91 Å². The minimum Gasteiger partial charge on any atom is -0.494 e. The van der Waals surface area contributed by atoms with E-state index in [0.29, 0.717) is 23.4 Å². The molecule has 0 spiro atoms. The number of benzene rings is 2. The van der Waals surface area contributed by atoms with Crippen LogP contribution in [0, 0.1) is 6.92 Å². The van der Waals surface area contributed by atoms with Gasteiger partial charge in [-0.1, -0.05) is 18.2 Å². The number of hydrogen-bond donors (Lipinski definition) is 2. The number of rotatable bonds is 5. The van der Waals surface area contributed by atoms with Gasteiger partial charge >= 0.3 is 5.97 Å². The molecule has 6 nitrogen and oxygen atoms in total. The van der Waals surface area contributed by atoms with Crippen molar-refractivity contribution in [2.45, 2.75) is 19.8 Å². The number of anilines is 1. The number of carbonyl (C=O) groups is 2. The smallest absolute Gasteiger partial charge is 0.340 e. The number of aromatic nitrogens is 1. The highest BCUT2D eigenvalue weighted by Gasteiger charge is 2.38. The highest BCUT2D eigenvalue weighted by atomic mass is 16.5. The molecule has 1 amide bonds. The van der Waals surface area contributed by atoms with Crippen LogP contribution in [0.25, 0.3) is 11.3 Å². The first-order valence-corrected chi connectivity index (χ1v) is 9.49. The van der Waals surface area contributed by atoms with Crippen molar-refractivity contribution in [2.75, 3.05) is 19.0 Å². The molecule has 6 heteroatoms. The first-order valence-electron chi connectivity index (χ1n) is 9.49. The maximum Gasteiger partial charge on any atom is 0.340 e. The second kappa shape index (κ2) is 7.47. The molecule has 2 heterocycles. The molecule has 1 aliphatic rings. The van der Waals surface area contributed by atoms with Crippen molar-refractivity contribution in [3.63, 3.8) is 0 Å². The van der Waals surface area contributed by atoms with Crippen LogP contribution in [-0.2, 0) is 9.53 Å². The molecule has 1 unspecified atom stereocenters. The summed E-state index contributed by atoms with van der Waals surface area (Å²) in [6.45, 7) is 4.32. The molecule has 0 saturated heterocycles. The fourth-order valence-corrected chi connectivity index (χ4v) is 3.91. The third-order valence-corrected chi connectivity index (χ3v) is 5.15. The summed E-state index contributed by atoms with van der Waals surface area (Å²) in [5.41, 5.74) is 4.87. The van der Waals surface area contributed by atoms with E-state index in [1.54, 1.807) is 0 Å². The molecule has 2 aromatic carbocycles. The number of H-pyrrole nitrogens is 1. The second-order valence-corrected chi connectivity index (χ2v) is 6.87. The van der Waals surface area contributed by atoms with Crippen LogP contribution < -0.4 is 10.1 Å². The molecule has 0 fully saturated rings. The van der Waals surface area contributed by atoms with Crippen LogP contribution in [0.3, 0.4) is 0 Å². The van der Waals surface area contributed by atoms with Gasteiger partial charge in [-0.15, -0.1) is 0 Å². The number of hydrogen-bond acceptors (Lipinski definition) is 4. The van der Waals surface area contributed by atoms with Crippen molar-refractivity contribution < 1.29 is 19.1 Å². The minimum absolute atomic E-state index is 0.164. The second-order valence-electron chi connectivity index (χ2n) is 6.87. The third-order valence-electron chi connectivity index (χ3n) is 5.15. The molecule has 3 aromatic rings. The number of amides is 1. The zero-order valence-corrected chi connectivity index (χ0v) is 16.5. The number of carbonyl (C=O) groups excluding carboxylic acids is 2. The standard InChI is InChI=1S/C23H22N2O4/c1-4-29-15-11-9-14(10-12-15)21-20(18(13(2)24-21)23(27)28-3)19-16-7-5-6-8-17(16)25-22(19)26/h5-12,19,24H,4H2,1-3H3,(H,25,26). The summed E-state index contributed by atoms with van der Waals surface area (Å²) in [6, 6.07) is 15.1. The van der Waals surface area contributed by atoms with Gasteiger partial charge in [0.25, 0.3) is 0 Å². The van der Waals surface area contributed by atoms with Crippen LogP contribution in [-0.4, -0.2) is 30.6 Å². The Labute approximate surface area is 168 Å². The lowest BCUT2D eigenvalue weighted by molar-refractivity contribution is -0.116. The van der Waals surface area contributed by atoms with E-state index in [9.17, 15) is 9.59 Å². The largest absolute Gasteiger partial charge is 0.494 e. The van der Waals surface area contributed by atoms with Crippen LogP contribution in [0.2, 0.25) is 0 Å². The monoisotopic (exact) mass is 390 g/mol. The van der Waals surface area contributed by atoms with Gasteiger partial charge in [0.2, 0.25) is 5.91 Å². The lowest BCUT2D eigenvalue weighted by Gasteiger charge is -2.14. The Bertz CT molecular complexity index is 1080. The van der Waals surface area contributed by atoms with Gasteiger partial charge in [-0.05, 0) is 55.3 Å². The van der Waals surface area contributed by atoms with Crippen LogP contribution >= 0.6 is 0 Å². The Kier molecular flexibility index (Phi) is 4.84. The SMILES string of the molecule is CCOc1ccc(-c2[nH]c(C)c(C(=O)OC)c2C2C(=O)Nc3ccccc32)cc1. The van der Waals surface area contributed by atoms with Crippen molar-refractivity contribution in [3.05, 3.63) is 70.9 Å². The first-order chi connectivity index (χ1) is 14.0. The van der Waals surface area contributed by atoms with E-state index in [1.807, 2.05) is 62.4 Å². The normalized spacial score (nSPS) is 15.0. The van der Waals surface area contributed by atoms with Crippen molar-refractivity contribution >= 4 is 17.6 Å². The van der Waals surface area contributed by atoms with E-state index >= 15 is 0 Å². The van der Waals surface area contributed by atoms with Crippen molar-refractivity contribution in [1.29, 1.82) is 0 Å². The maximum atomic E-state index is 12.9. The van der Waals surface area contributed by atoms with Crippen LogP contribution in [0.1, 0.15) is 40.0 Å². The van der Waals surface area contributed by atoms with Gasteiger partial charge in [0.15, 0.2) is 0 Å². The molecular formula is C23H22N2O4. The first kappa shape index (κ1) is 18.8. The summed E-state index contributed by atoms with van der Waals surface area (Å²) in [5.74, 6) is -0.476. The van der Waals surface area contributed by atoms with E-state index < -0.39 is 11.9 Å². The molecule has 4 rings (SSSR count). The van der Waals surface area contributed by atoms with Gasteiger partial charge in [-0.3, -0.25) is 4.79 Å². The van der Waals surface area contributed by atoms with Gasteiger partial charge in [0, 0.05) is 16.9 Å². The molecule has 1 atom stereocenters. The average molecular weight is 390 g/mol. The lowest BCUT2D eigenvalue weighted by atomic mass is 9.87. The number of nitrogens with one attached hydrogen (secondary N) is 2. The molecule has 1 aliphatic heterocycles. The number of aryl methyl sites for hydroxylation is 1. The van der Waals surface area contributed by atoms with E-state index in [2.05, 4.69) is 10.3 Å². The number of para-hydroxylation sites is 1. The highest BCUT2D eigenvalue weighted by Crippen LogP contribution is 2.43. The van der Waals surface area contributed by atoms with Crippen LogP contribution in [0.15, 0.2) is 48.5 Å². The van der Waals surface area contributed by atoms with Crippen molar-refractivity contribution in [1.82, 2.24) is 4.98 Å². The summed E-state index contributed by atoms with van der Waals surface area (Å²) in [6.07, 6.45) is 0. The summed E-state index contributed by atoms with van der Waals surface area (Å²) in [4.78, 5) is 28.9. The van der Waals surface area contributed by atoms with Crippen LogP contribution in [0.4, 0.5) is 5.69 Å². The van der Waals surface area contributed by atoms with Gasteiger partial charge < -0.3 is 19.8 Å². The van der Waals surface area contributed by atoms with E-state index in [4.69, 9.17) is 9.47 Å². The van der Waals surface area contributed by atoms with Gasteiger partial charge in [0.05, 0.1) is 30.9 Å². The van der Waals surface area contributed by atoms with Crippen LogP contribution in [0.5, 0.6) is 5.75 Å². The quantitative estimate of drug-likeness (QED) is 0.638. The zero-order valence-electron chi connectivity index (χ0n) is 16.5. The van der Waals surface area contributed by atoms with E-state index in [1.165, 1.54) is 7.11 Å². The minimum atomic E-state index is -0.605. The number of esters is 1. The molecule has 0 radical (unpaired) electrons. The third kappa shape index (κ3) is 3.16. The molecule has 2 N–H and O–H groups in total. The number of ether oxygens (including phenoxy) is 2. The summed E-state index contributed by atoms with van der Waals surface area (Å²) in [5, 5.41) is 2.92. The number of methoxy groups -OCH3 is 1. The predicted octanol–water partition coefficient (Wildman–Crippen LogP) is 4.26. The van der Waals surface area contributed by atoms with Crippen molar-refractivity contribution in [2.24, 2.45) is 0 Å². The molecule has 0 saturated carbocycles. The number of aromatic amines is 1. The summed E-state index contributed by atoms with van der Waals surface area (Å²) in [7, 11) is 1.35. The fourth-order valence-electron chi connectivity index (χ4n) is 3.91. The maximum absolute atomic E-state index is 12.9. The topological polar surface area (TPSA) is 80.4 Å². The van der Waals surface area contributed by atoms with Gasteiger partial charge in [0.1, 0.15) is 5.75 Å². The Morgan fingerprint density at radius 1 is 1.10 bits per heavy atom. The molecule has 0 bridgehead atoms. The molecule has 1 aromatic heterocycles. The molecule has 29 heavy (non-hydrogen) atoms. The Morgan fingerprint density at radius 3 is 2.52 bits per heavy atom. The van der Waals surface area contributed by atoms with E-state index in [0.717, 1.165) is 28.3 Å². The average Bonchev–Trinajstić information content (AvgIpc) is 3.23. The Morgan fingerprint density at radius 2 is 1.83 bits per heavy atom. The summed E-state index contributed by atoms with van der Waals surface area (Å²) >= 11 is 0. The van der Waals surface area contributed by atoms with Gasteiger partial charge in [-0.25, -0.2) is 4.79 Å². The summed E-state index contributed by atoms with van der Waals surface area (Å²) < 4.78 is 10.6. The predicted molar refractivity (Wildman–Crippen MR) is 110 cm³/mol. The molecular weight excluding hydrogens is 368 g/mol. The van der Waals surface area contributed by atoms with Gasteiger partial charge in [-0.2, -0.15) is 0 Å². The zero-order chi connectivity index (χ0) is 20.5. The molecule has 148 valence electrons.